The second kappa shape index (κ2) is 9.92. The molecule has 1 saturated carbocycles. The van der Waals surface area contributed by atoms with Gasteiger partial charge in [0.1, 0.15) is 11.6 Å². The van der Waals surface area contributed by atoms with Crippen LogP contribution in [-0.4, -0.2) is 21.0 Å². The lowest BCUT2D eigenvalue weighted by atomic mass is 9.85. The van der Waals surface area contributed by atoms with Gasteiger partial charge in [-0.25, -0.2) is 14.4 Å². The summed E-state index contributed by atoms with van der Waals surface area (Å²) in [4.78, 5) is 22.7. The van der Waals surface area contributed by atoms with Crippen molar-refractivity contribution < 1.29 is 14.3 Å². The zero-order valence-electron chi connectivity index (χ0n) is 19.3. The molecule has 0 bridgehead atoms. The van der Waals surface area contributed by atoms with Crippen LogP contribution < -0.4 is 5.32 Å². The Hall–Kier alpha value is -3.28. The number of carbonyl (C=O) groups excluding carboxylic acids is 1. The first-order valence-corrected chi connectivity index (χ1v) is 12.3. The van der Waals surface area contributed by atoms with E-state index in [9.17, 15) is 14.3 Å². The van der Waals surface area contributed by atoms with E-state index in [4.69, 9.17) is 9.97 Å². The molecular formula is C28H30FN3O2. The van der Waals surface area contributed by atoms with Crippen LogP contribution in [0.15, 0.2) is 42.5 Å². The first kappa shape index (κ1) is 22.5. The first-order valence-electron chi connectivity index (χ1n) is 12.3. The maximum absolute atomic E-state index is 13.2. The minimum absolute atomic E-state index is 0.156. The van der Waals surface area contributed by atoms with Crippen molar-refractivity contribution in [2.24, 2.45) is 5.92 Å². The van der Waals surface area contributed by atoms with Crippen molar-refractivity contribution in [1.29, 1.82) is 0 Å². The molecule has 2 aliphatic rings. The Morgan fingerprint density at radius 1 is 1.03 bits per heavy atom. The van der Waals surface area contributed by atoms with Crippen molar-refractivity contribution in [3.05, 3.63) is 70.8 Å². The van der Waals surface area contributed by atoms with Crippen LogP contribution in [0.1, 0.15) is 61.0 Å². The van der Waals surface area contributed by atoms with Crippen LogP contribution >= 0.6 is 0 Å². The molecule has 0 aliphatic heterocycles. The summed E-state index contributed by atoms with van der Waals surface area (Å²) in [6, 6.07) is 11.4. The fourth-order valence-corrected chi connectivity index (χ4v) is 5.22. The summed E-state index contributed by atoms with van der Waals surface area (Å²) >= 11 is 0. The summed E-state index contributed by atoms with van der Waals surface area (Å²) in [5.41, 5.74) is 5.39. The number of fused-ring (bicyclic) bond motifs is 3. The van der Waals surface area contributed by atoms with E-state index in [0.29, 0.717) is 18.2 Å². The number of hydrogen-bond donors (Lipinski definition) is 2. The second-order valence-corrected chi connectivity index (χ2v) is 9.55. The number of aryl methyl sites for hydroxylation is 3. The molecule has 5 nitrogen and oxygen atoms in total. The Morgan fingerprint density at radius 2 is 1.82 bits per heavy atom. The molecule has 5 rings (SSSR count). The number of anilines is 1. The Morgan fingerprint density at radius 3 is 2.62 bits per heavy atom. The topological polar surface area (TPSA) is 75.1 Å². The van der Waals surface area contributed by atoms with E-state index in [1.54, 1.807) is 24.3 Å². The number of halogens is 1. The summed E-state index contributed by atoms with van der Waals surface area (Å²) in [6.45, 7) is 0. The fraction of sp³-hybridized carbons (Fsp3) is 0.393. The lowest BCUT2D eigenvalue weighted by Gasteiger charge is -2.23. The van der Waals surface area contributed by atoms with Crippen molar-refractivity contribution in [2.45, 2.75) is 64.2 Å². The minimum atomic E-state index is -0.316. The Bertz CT molecular complexity index is 1190. The van der Waals surface area contributed by atoms with E-state index in [2.05, 4.69) is 5.32 Å². The molecule has 1 aromatic heterocycles. The molecule has 176 valence electrons. The van der Waals surface area contributed by atoms with Crippen LogP contribution in [0.25, 0.3) is 11.3 Å². The van der Waals surface area contributed by atoms with Crippen molar-refractivity contribution in [1.82, 2.24) is 9.97 Å². The maximum Gasteiger partial charge on any atom is 0.229 e. The van der Waals surface area contributed by atoms with E-state index in [0.717, 1.165) is 53.0 Å². The number of rotatable bonds is 6. The molecule has 0 atom stereocenters. The third kappa shape index (κ3) is 5.11. The number of phenols is 1. The van der Waals surface area contributed by atoms with E-state index in [1.165, 1.54) is 44.2 Å². The van der Waals surface area contributed by atoms with Gasteiger partial charge in [0.2, 0.25) is 5.91 Å². The molecule has 0 radical (unpaired) electrons. The SMILES string of the molecule is O=C(Cc1ccc(F)cc1)Nc1nc2c(nc1CCC1CCCCC1)-c1ccc(O)cc1CC2. The van der Waals surface area contributed by atoms with Gasteiger partial charge in [0, 0.05) is 5.56 Å². The van der Waals surface area contributed by atoms with E-state index < -0.39 is 0 Å². The molecule has 0 spiro atoms. The average Bonchev–Trinajstić information content (AvgIpc) is 2.84. The van der Waals surface area contributed by atoms with Crippen LogP contribution in [0.5, 0.6) is 5.75 Å². The molecule has 0 saturated heterocycles. The van der Waals surface area contributed by atoms with Crippen molar-refractivity contribution in [2.75, 3.05) is 5.32 Å². The van der Waals surface area contributed by atoms with Crippen LogP contribution in [0.2, 0.25) is 0 Å². The largest absolute Gasteiger partial charge is 0.508 e. The van der Waals surface area contributed by atoms with Gasteiger partial charge in [-0.1, -0.05) is 44.2 Å². The highest BCUT2D eigenvalue weighted by atomic mass is 19.1. The van der Waals surface area contributed by atoms with Crippen molar-refractivity contribution in [3.63, 3.8) is 0 Å². The molecule has 2 N–H and O–H groups in total. The quantitative estimate of drug-likeness (QED) is 0.490. The summed E-state index contributed by atoms with van der Waals surface area (Å²) < 4.78 is 13.2. The lowest BCUT2D eigenvalue weighted by molar-refractivity contribution is -0.115. The van der Waals surface area contributed by atoms with Crippen molar-refractivity contribution in [3.8, 4) is 17.0 Å². The van der Waals surface area contributed by atoms with Gasteiger partial charge >= 0.3 is 0 Å². The number of benzene rings is 2. The number of nitrogens with zero attached hydrogens (tertiary/aromatic N) is 2. The molecule has 34 heavy (non-hydrogen) atoms. The molecule has 1 heterocycles. The van der Waals surface area contributed by atoms with E-state index in [-0.39, 0.29) is 23.9 Å². The Kier molecular flexibility index (Phi) is 6.57. The lowest BCUT2D eigenvalue weighted by Crippen LogP contribution is -2.20. The van der Waals surface area contributed by atoms with Gasteiger partial charge < -0.3 is 10.4 Å². The third-order valence-electron chi connectivity index (χ3n) is 7.07. The molecule has 3 aromatic rings. The Balaban J connectivity index is 1.42. The second-order valence-electron chi connectivity index (χ2n) is 9.55. The normalized spacial score (nSPS) is 15.4. The molecular weight excluding hydrogens is 429 g/mol. The van der Waals surface area contributed by atoms with Gasteiger partial charge in [0.15, 0.2) is 5.82 Å². The number of amides is 1. The van der Waals surface area contributed by atoms with Gasteiger partial charge in [-0.15, -0.1) is 0 Å². The predicted octanol–water partition coefficient (Wildman–Crippen LogP) is 5.78. The first-order chi connectivity index (χ1) is 16.5. The Labute approximate surface area is 199 Å². The number of aromatic hydroxyl groups is 1. The predicted molar refractivity (Wildman–Crippen MR) is 130 cm³/mol. The summed E-state index contributed by atoms with van der Waals surface area (Å²) in [7, 11) is 0. The number of phenolic OH excluding ortho intramolecular Hbond substituents is 1. The van der Waals surface area contributed by atoms with Crippen LogP contribution in [0.3, 0.4) is 0 Å². The van der Waals surface area contributed by atoms with Gasteiger partial charge in [0.25, 0.3) is 0 Å². The smallest absolute Gasteiger partial charge is 0.229 e. The van der Waals surface area contributed by atoms with Gasteiger partial charge in [0.05, 0.1) is 23.5 Å². The summed E-state index contributed by atoms with van der Waals surface area (Å²) in [5.74, 6) is 1.00. The molecule has 1 amide bonds. The summed E-state index contributed by atoms with van der Waals surface area (Å²) in [5, 5.41) is 12.9. The average molecular weight is 460 g/mol. The highest BCUT2D eigenvalue weighted by molar-refractivity contribution is 5.92. The standard InChI is InChI=1S/C28H30FN3O2/c29-21-10-6-19(7-11-21)16-26(34)32-28-25(14-8-18-4-2-1-3-5-18)30-27-23-13-12-22(33)17-20(23)9-15-24(27)31-28/h6-7,10-13,17-18,33H,1-5,8-9,14-16H2,(H,31,32,34). The van der Waals surface area contributed by atoms with Crippen molar-refractivity contribution >= 4 is 11.7 Å². The molecule has 0 unspecified atom stereocenters. The van der Waals surface area contributed by atoms with Crippen LogP contribution in [-0.2, 0) is 30.5 Å². The number of hydrogen-bond acceptors (Lipinski definition) is 4. The molecule has 1 fully saturated rings. The fourth-order valence-electron chi connectivity index (χ4n) is 5.22. The van der Waals surface area contributed by atoms with Crippen LogP contribution in [0, 0.1) is 11.7 Å². The highest BCUT2D eigenvalue weighted by Gasteiger charge is 2.23. The van der Waals surface area contributed by atoms with E-state index in [1.807, 2.05) is 6.07 Å². The van der Waals surface area contributed by atoms with Gasteiger partial charge in [-0.3, -0.25) is 4.79 Å². The number of nitrogens with one attached hydrogen (secondary N) is 1. The minimum Gasteiger partial charge on any atom is -0.508 e. The monoisotopic (exact) mass is 459 g/mol. The van der Waals surface area contributed by atoms with E-state index >= 15 is 0 Å². The van der Waals surface area contributed by atoms with Gasteiger partial charge in [-0.2, -0.15) is 0 Å². The van der Waals surface area contributed by atoms with Gasteiger partial charge in [-0.05, 0) is 73.1 Å². The molecule has 2 aromatic carbocycles. The third-order valence-corrected chi connectivity index (χ3v) is 7.07. The number of aromatic nitrogens is 2. The maximum atomic E-state index is 13.2. The van der Waals surface area contributed by atoms with Crippen LogP contribution in [0.4, 0.5) is 10.2 Å². The number of carbonyl (C=O) groups is 1. The zero-order chi connectivity index (χ0) is 23.5. The summed E-state index contributed by atoms with van der Waals surface area (Å²) in [6.07, 6.45) is 9.86. The molecule has 6 heteroatoms. The molecule has 2 aliphatic carbocycles. The highest BCUT2D eigenvalue weighted by Crippen LogP contribution is 2.35. The zero-order valence-corrected chi connectivity index (χ0v) is 19.3.